The monoisotopic (exact) mass is 558 g/mol. The first-order chi connectivity index (χ1) is 18.2. The van der Waals surface area contributed by atoms with Crippen molar-refractivity contribution >= 4 is 30.0 Å². The van der Waals surface area contributed by atoms with E-state index in [9.17, 15) is 9.36 Å². The summed E-state index contributed by atoms with van der Waals surface area (Å²) in [6.07, 6.45) is 2.73. The third-order valence-electron chi connectivity index (χ3n) is 5.93. The van der Waals surface area contributed by atoms with Crippen LogP contribution < -0.4 is 10.1 Å². The fourth-order valence-corrected chi connectivity index (χ4v) is 6.54. The molecule has 9 heteroatoms. The van der Waals surface area contributed by atoms with Crippen molar-refractivity contribution in [2.75, 3.05) is 18.5 Å². The van der Waals surface area contributed by atoms with Crippen LogP contribution >= 0.6 is 18.9 Å². The average molecular weight is 559 g/mol. The van der Waals surface area contributed by atoms with Crippen molar-refractivity contribution in [3.63, 3.8) is 0 Å². The van der Waals surface area contributed by atoms with E-state index >= 15 is 0 Å². The topological polar surface area (TPSA) is 86.8 Å². The Labute approximate surface area is 230 Å². The summed E-state index contributed by atoms with van der Waals surface area (Å²) in [7, 11) is -3.27. The Morgan fingerprint density at radius 3 is 2.34 bits per heavy atom. The molecule has 38 heavy (non-hydrogen) atoms. The summed E-state index contributed by atoms with van der Waals surface area (Å²) in [5, 5.41) is 5.08. The summed E-state index contributed by atoms with van der Waals surface area (Å²) in [5.41, 5.74) is 3.41. The van der Waals surface area contributed by atoms with E-state index in [1.54, 1.807) is 25.3 Å². The number of nitrogens with zero attached hydrogens (tertiary/aromatic N) is 1. The minimum Gasteiger partial charge on any atom is -0.491 e. The number of benzene rings is 2. The molecular formula is C29H39N2O5PS. The van der Waals surface area contributed by atoms with Gasteiger partial charge in [0.1, 0.15) is 5.75 Å². The lowest BCUT2D eigenvalue weighted by atomic mass is 9.93. The normalized spacial score (nSPS) is 13.2. The van der Waals surface area contributed by atoms with E-state index in [4.69, 9.17) is 13.8 Å². The molecule has 0 saturated heterocycles. The maximum Gasteiger partial charge on any atom is 0.336 e. The van der Waals surface area contributed by atoms with Crippen LogP contribution in [0.3, 0.4) is 0 Å². The van der Waals surface area contributed by atoms with Gasteiger partial charge in [0.05, 0.1) is 31.2 Å². The Balaban J connectivity index is 1.75. The van der Waals surface area contributed by atoms with Gasteiger partial charge in [0.15, 0.2) is 5.13 Å². The zero-order valence-electron chi connectivity index (χ0n) is 22.9. The van der Waals surface area contributed by atoms with Gasteiger partial charge in [0.25, 0.3) is 5.91 Å². The van der Waals surface area contributed by atoms with Crippen molar-refractivity contribution in [2.24, 2.45) is 5.92 Å². The fraction of sp³-hybridized carbons (Fsp3) is 0.448. The second kappa shape index (κ2) is 14.6. The molecule has 0 aliphatic carbocycles. The molecule has 1 aromatic heterocycles. The number of anilines is 1. The number of carbonyl (C=O) groups excluding carboxylic acids is 1. The second-order valence-corrected chi connectivity index (χ2v) is 12.3. The summed E-state index contributed by atoms with van der Waals surface area (Å²) in [5.74, 6) is 0.804. The highest BCUT2D eigenvalue weighted by Gasteiger charge is 2.26. The summed E-state index contributed by atoms with van der Waals surface area (Å²) >= 11 is 1.28. The molecule has 0 radical (unpaired) electrons. The van der Waals surface area contributed by atoms with Gasteiger partial charge in [-0.1, -0.05) is 44.2 Å². The van der Waals surface area contributed by atoms with Crippen molar-refractivity contribution < 1.29 is 23.1 Å². The Bertz CT molecular complexity index is 1210. The number of hydrogen-bond acceptors (Lipinski definition) is 7. The zero-order valence-corrected chi connectivity index (χ0v) is 24.6. The first-order valence-corrected chi connectivity index (χ1v) is 15.8. The van der Waals surface area contributed by atoms with Crippen LogP contribution in [-0.4, -0.2) is 30.2 Å². The molecule has 3 aromatic rings. The van der Waals surface area contributed by atoms with E-state index in [1.165, 1.54) is 16.9 Å². The quantitative estimate of drug-likeness (QED) is 0.192. The molecule has 1 N–H and O–H groups in total. The Kier molecular flexibility index (Phi) is 11.5. The predicted octanol–water partition coefficient (Wildman–Crippen LogP) is 7.76. The van der Waals surface area contributed by atoms with Gasteiger partial charge in [0, 0.05) is 10.9 Å². The highest BCUT2D eigenvalue weighted by atomic mass is 32.1. The van der Waals surface area contributed by atoms with E-state index in [-0.39, 0.29) is 31.4 Å². The Hall–Kier alpha value is -2.51. The van der Waals surface area contributed by atoms with Crippen LogP contribution in [0.15, 0.2) is 53.9 Å². The van der Waals surface area contributed by atoms with Crippen LogP contribution in [0.4, 0.5) is 5.13 Å². The van der Waals surface area contributed by atoms with Crippen LogP contribution in [0.25, 0.3) is 0 Å². The molecule has 0 spiro atoms. The molecule has 0 fully saturated rings. The summed E-state index contributed by atoms with van der Waals surface area (Å²) in [6, 6.07) is 16.2. The third-order valence-corrected chi connectivity index (χ3v) is 8.75. The molecule has 0 aliphatic heterocycles. The molecule has 2 aromatic carbocycles. The lowest BCUT2D eigenvalue weighted by molar-refractivity contribution is 0.102. The van der Waals surface area contributed by atoms with Crippen LogP contribution in [0.2, 0.25) is 0 Å². The molecule has 1 heterocycles. The van der Waals surface area contributed by atoms with Gasteiger partial charge in [-0.15, -0.1) is 11.3 Å². The van der Waals surface area contributed by atoms with Crippen LogP contribution in [0.1, 0.15) is 68.2 Å². The van der Waals surface area contributed by atoms with E-state index in [2.05, 4.69) is 48.4 Å². The maximum absolute atomic E-state index is 13.2. The zero-order chi connectivity index (χ0) is 27.5. The molecule has 3 rings (SSSR count). The SMILES string of the molecule is CCOP(=O)(Cc1csc(NC(=O)c2cc(C[C@@H](C)Cc3ccccc3)cc(O[C@@H](C)CC)c2)n1)OCC. The molecule has 7 nitrogen and oxygen atoms in total. The van der Waals surface area contributed by atoms with Crippen molar-refractivity contribution in [3.05, 3.63) is 76.3 Å². The standard InChI is InChI=1S/C29H39N2O5PS/c1-6-22(5)36-27-17-24(15-21(4)14-23-12-10-9-11-13-23)16-25(18-27)28(32)31-29-30-26(20-38-29)19-37(33,34-7-2)35-8-3/h9-13,16-18,20-22H,6-8,14-15,19H2,1-5H3,(H,30,31,32)/t21-,22-/m0/s1. The van der Waals surface area contributed by atoms with E-state index in [1.807, 2.05) is 25.1 Å². The lowest BCUT2D eigenvalue weighted by Gasteiger charge is -2.17. The number of hydrogen-bond donors (Lipinski definition) is 1. The van der Waals surface area contributed by atoms with Crippen molar-refractivity contribution in [2.45, 2.75) is 66.1 Å². The Morgan fingerprint density at radius 2 is 1.68 bits per heavy atom. The molecule has 1 amide bonds. The molecule has 0 aliphatic rings. The fourth-order valence-electron chi connectivity index (χ4n) is 4.11. The van der Waals surface area contributed by atoms with Crippen molar-refractivity contribution in [1.82, 2.24) is 4.98 Å². The highest BCUT2D eigenvalue weighted by Crippen LogP contribution is 2.51. The van der Waals surface area contributed by atoms with Crippen molar-refractivity contribution in [3.8, 4) is 5.75 Å². The third kappa shape index (κ3) is 9.35. The summed E-state index contributed by atoms with van der Waals surface area (Å²) < 4.78 is 29.7. The first-order valence-electron chi connectivity index (χ1n) is 13.2. The van der Waals surface area contributed by atoms with Gasteiger partial charge >= 0.3 is 7.60 Å². The van der Waals surface area contributed by atoms with Gasteiger partial charge in [-0.2, -0.15) is 0 Å². The number of rotatable bonds is 15. The van der Waals surface area contributed by atoms with Crippen LogP contribution in [-0.2, 0) is 32.6 Å². The summed E-state index contributed by atoms with van der Waals surface area (Å²) in [6.45, 7) is 10.4. The number of nitrogens with one attached hydrogen (secondary N) is 1. The van der Waals surface area contributed by atoms with Gasteiger partial charge in [-0.25, -0.2) is 4.98 Å². The van der Waals surface area contributed by atoms with Crippen LogP contribution in [0.5, 0.6) is 5.75 Å². The molecule has 0 unspecified atom stereocenters. The smallest absolute Gasteiger partial charge is 0.336 e. The van der Waals surface area contributed by atoms with Gasteiger partial charge in [0.2, 0.25) is 0 Å². The molecular weight excluding hydrogens is 519 g/mol. The van der Waals surface area contributed by atoms with Gasteiger partial charge in [-0.3, -0.25) is 14.7 Å². The average Bonchev–Trinajstić information content (AvgIpc) is 3.30. The molecule has 206 valence electrons. The van der Waals surface area contributed by atoms with E-state index < -0.39 is 7.60 Å². The summed E-state index contributed by atoms with van der Waals surface area (Å²) in [4.78, 5) is 17.7. The molecule has 0 bridgehead atoms. The van der Waals surface area contributed by atoms with Gasteiger partial charge in [-0.05, 0) is 75.3 Å². The second-order valence-electron chi connectivity index (χ2n) is 9.40. The lowest BCUT2D eigenvalue weighted by Crippen LogP contribution is -2.15. The highest BCUT2D eigenvalue weighted by molar-refractivity contribution is 7.53. The maximum atomic E-state index is 13.2. The number of carbonyl (C=O) groups is 1. The number of ether oxygens (including phenoxy) is 1. The minimum atomic E-state index is -3.27. The van der Waals surface area contributed by atoms with E-state index in [0.717, 1.165) is 24.8 Å². The number of thiazole rings is 1. The van der Waals surface area contributed by atoms with Crippen molar-refractivity contribution in [1.29, 1.82) is 0 Å². The largest absolute Gasteiger partial charge is 0.491 e. The minimum absolute atomic E-state index is 0.0378. The number of aromatic nitrogens is 1. The van der Waals surface area contributed by atoms with Crippen LogP contribution in [0, 0.1) is 5.92 Å². The Morgan fingerprint density at radius 1 is 1.00 bits per heavy atom. The van der Waals surface area contributed by atoms with E-state index in [0.29, 0.717) is 28.1 Å². The molecule has 0 saturated carbocycles. The predicted molar refractivity (Wildman–Crippen MR) is 154 cm³/mol. The first kappa shape index (κ1) is 30.0. The van der Waals surface area contributed by atoms with Gasteiger partial charge < -0.3 is 13.8 Å². The number of amides is 1. The molecule has 2 atom stereocenters.